The Labute approximate surface area is 132 Å². The van der Waals surface area contributed by atoms with Gasteiger partial charge in [-0.15, -0.1) is 0 Å². The van der Waals surface area contributed by atoms with Gasteiger partial charge in [-0.2, -0.15) is 0 Å². The van der Waals surface area contributed by atoms with Crippen molar-refractivity contribution in [2.75, 3.05) is 33.2 Å². The van der Waals surface area contributed by atoms with E-state index in [-0.39, 0.29) is 5.82 Å². The smallest absolute Gasteiger partial charge is 0.191 e. The Balaban J connectivity index is 1.71. The van der Waals surface area contributed by atoms with Gasteiger partial charge in [0.1, 0.15) is 5.82 Å². The van der Waals surface area contributed by atoms with E-state index in [9.17, 15) is 4.39 Å². The molecule has 2 N–H and O–H groups in total. The zero-order valence-electron chi connectivity index (χ0n) is 13.7. The third-order valence-electron chi connectivity index (χ3n) is 4.08. The first-order chi connectivity index (χ1) is 10.7. The van der Waals surface area contributed by atoms with Crippen molar-refractivity contribution in [2.24, 2.45) is 4.99 Å². The molecule has 0 radical (unpaired) electrons. The number of benzene rings is 1. The van der Waals surface area contributed by atoms with E-state index in [4.69, 9.17) is 0 Å². The summed E-state index contributed by atoms with van der Waals surface area (Å²) in [5.41, 5.74) is 1.73. The maximum atomic E-state index is 13.2. The Hall–Kier alpha value is -1.62. The van der Waals surface area contributed by atoms with E-state index in [0.717, 1.165) is 24.6 Å². The summed E-state index contributed by atoms with van der Waals surface area (Å²) in [6.45, 7) is 6.79. The fourth-order valence-corrected chi connectivity index (χ4v) is 2.74. The molecule has 1 aromatic rings. The van der Waals surface area contributed by atoms with Crippen molar-refractivity contribution in [1.29, 1.82) is 0 Å². The zero-order chi connectivity index (χ0) is 15.8. The summed E-state index contributed by atoms with van der Waals surface area (Å²) < 4.78 is 13.2. The lowest BCUT2D eigenvalue weighted by molar-refractivity contribution is 0.232. The summed E-state index contributed by atoms with van der Waals surface area (Å²) in [5.74, 6) is 0.631. The Morgan fingerprint density at radius 2 is 2.00 bits per heavy atom. The molecule has 0 atom stereocenters. The minimum absolute atomic E-state index is 0.159. The topological polar surface area (TPSA) is 39.7 Å². The summed E-state index contributed by atoms with van der Waals surface area (Å²) in [5, 5.41) is 6.60. The molecule has 22 heavy (non-hydrogen) atoms. The Morgan fingerprint density at radius 1 is 1.23 bits per heavy atom. The standard InChI is InChI=1S/C17H27FN4/c1-14-12-15(6-7-16(14)18)13-21-17(19-2)20-8-11-22-9-4-3-5-10-22/h6-7,12H,3-5,8-11,13H2,1-2H3,(H2,19,20,21). The maximum Gasteiger partial charge on any atom is 0.191 e. The molecule has 0 bridgehead atoms. The van der Waals surface area contributed by atoms with Crippen LogP contribution < -0.4 is 10.6 Å². The van der Waals surface area contributed by atoms with Gasteiger partial charge in [0, 0.05) is 26.7 Å². The number of piperidine rings is 1. The van der Waals surface area contributed by atoms with Crippen LogP contribution in [0.1, 0.15) is 30.4 Å². The van der Waals surface area contributed by atoms with Crippen LogP contribution in [-0.2, 0) is 6.54 Å². The van der Waals surface area contributed by atoms with Crippen LogP contribution in [0, 0.1) is 12.7 Å². The number of nitrogens with one attached hydrogen (secondary N) is 2. The maximum absolute atomic E-state index is 13.2. The molecule has 0 spiro atoms. The van der Waals surface area contributed by atoms with Crippen LogP contribution in [0.15, 0.2) is 23.2 Å². The average molecular weight is 306 g/mol. The quantitative estimate of drug-likeness (QED) is 0.648. The number of aryl methyl sites for hydroxylation is 1. The molecule has 0 unspecified atom stereocenters. The monoisotopic (exact) mass is 306 g/mol. The third kappa shape index (κ3) is 5.30. The van der Waals surface area contributed by atoms with E-state index in [1.165, 1.54) is 38.4 Å². The van der Waals surface area contributed by atoms with Crippen molar-refractivity contribution in [3.8, 4) is 0 Å². The molecule has 0 amide bonds. The molecule has 1 aliphatic heterocycles. The number of nitrogens with zero attached hydrogens (tertiary/aromatic N) is 2. The van der Waals surface area contributed by atoms with Crippen molar-refractivity contribution in [2.45, 2.75) is 32.7 Å². The van der Waals surface area contributed by atoms with Gasteiger partial charge in [0.15, 0.2) is 5.96 Å². The van der Waals surface area contributed by atoms with Crippen molar-refractivity contribution in [3.63, 3.8) is 0 Å². The Bertz CT molecular complexity index is 495. The molecule has 1 heterocycles. The van der Waals surface area contributed by atoms with Crippen LogP contribution in [0.4, 0.5) is 4.39 Å². The molecule has 0 aliphatic carbocycles. The summed E-state index contributed by atoms with van der Waals surface area (Å²) in [7, 11) is 1.77. The highest BCUT2D eigenvalue weighted by Gasteiger charge is 2.09. The molecule has 1 saturated heterocycles. The van der Waals surface area contributed by atoms with E-state index in [1.807, 2.05) is 6.07 Å². The van der Waals surface area contributed by atoms with Gasteiger partial charge in [-0.1, -0.05) is 18.6 Å². The van der Waals surface area contributed by atoms with Crippen molar-refractivity contribution in [3.05, 3.63) is 35.1 Å². The van der Waals surface area contributed by atoms with Crippen LogP contribution in [0.2, 0.25) is 0 Å². The SMILES string of the molecule is CN=C(NCCN1CCCCC1)NCc1ccc(F)c(C)c1. The minimum Gasteiger partial charge on any atom is -0.355 e. The summed E-state index contributed by atoms with van der Waals surface area (Å²) in [6, 6.07) is 5.18. The predicted octanol–water partition coefficient (Wildman–Crippen LogP) is 2.29. The molecule has 1 aliphatic rings. The molecule has 2 rings (SSSR count). The second kappa shape index (κ2) is 8.73. The first-order valence-corrected chi connectivity index (χ1v) is 8.11. The van der Waals surface area contributed by atoms with Crippen LogP contribution in [0.25, 0.3) is 0 Å². The van der Waals surface area contributed by atoms with Gasteiger partial charge in [0.05, 0.1) is 0 Å². The van der Waals surface area contributed by atoms with Crippen molar-refractivity contribution < 1.29 is 4.39 Å². The van der Waals surface area contributed by atoms with Crippen molar-refractivity contribution >= 4 is 5.96 Å². The van der Waals surface area contributed by atoms with Crippen LogP contribution in [0.5, 0.6) is 0 Å². The van der Waals surface area contributed by atoms with E-state index in [1.54, 1.807) is 20.0 Å². The van der Waals surface area contributed by atoms with Gasteiger partial charge in [-0.25, -0.2) is 4.39 Å². The third-order valence-corrected chi connectivity index (χ3v) is 4.08. The number of hydrogen-bond acceptors (Lipinski definition) is 2. The second-order valence-corrected chi connectivity index (χ2v) is 5.84. The lowest BCUT2D eigenvalue weighted by Crippen LogP contribution is -2.42. The lowest BCUT2D eigenvalue weighted by Gasteiger charge is -2.26. The Morgan fingerprint density at radius 3 is 2.68 bits per heavy atom. The van der Waals surface area contributed by atoms with E-state index < -0.39 is 0 Å². The zero-order valence-corrected chi connectivity index (χ0v) is 13.7. The molecular weight excluding hydrogens is 279 g/mol. The molecule has 1 fully saturated rings. The molecule has 4 nitrogen and oxygen atoms in total. The second-order valence-electron chi connectivity index (χ2n) is 5.84. The van der Waals surface area contributed by atoms with E-state index >= 15 is 0 Å². The molecule has 122 valence electrons. The molecule has 0 saturated carbocycles. The van der Waals surface area contributed by atoms with Crippen molar-refractivity contribution in [1.82, 2.24) is 15.5 Å². The fourth-order valence-electron chi connectivity index (χ4n) is 2.74. The number of rotatable bonds is 5. The minimum atomic E-state index is -0.159. The van der Waals surface area contributed by atoms with E-state index in [0.29, 0.717) is 12.1 Å². The Kier molecular flexibility index (Phi) is 6.65. The van der Waals surface area contributed by atoms with Crippen LogP contribution in [-0.4, -0.2) is 44.1 Å². The first kappa shape index (κ1) is 16.7. The summed E-state index contributed by atoms with van der Waals surface area (Å²) in [4.78, 5) is 6.72. The van der Waals surface area contributed by atoms with Gasteiger partial charge >= 0.3 is 0 Å². The predicted molar refractivity (Wildman–Crippen MR) is 89.6 cm³/mol. The van der Waals surface area contributed by atoms with E-state index in [2.05, 4.69) is 20.5 Å². The summed E-state index contributed by atoms with van der Waals surface area (Å²) in [6.07, 6.45) is 4.00. The first-order valence-electron chi connectivity index (χ1n) is 8.11. The summed E-state index contributed by atoms with van der Waals surface area (Å²) >= 11 is 0. The van der Waals surface area contributed by atoms with Crippen LogP contribution >= 0.6 is 0 Å². The molecule has 5 heteroatoms. The number of likely N-dealkylation sites (tertiary alicyclic amines) is 1. The highest BCUT2D eigenvalue weighted by molar-refractivity contribution is 5.79. The number of hydrogen-bond donors (Lipinski definition) is 2. The highest BCUT2D eigenvalue weighted by atomic mass is 19.1. The fraction of sp³-hybridized carbons (Fsp3) is 0.588. The highest BCUT2D eigenvalue weighted by Crippen LogP contribution is 2.09. The normalized spacial score (nSPS) is 16.6. The van der Waals surface area contributed by atoms with Crippen LogP contribution in [0.3, 0.4) is 0 Å². The lowest BCUT2D eigenvalue weighted by atomic mass is 10.1. The number of guanidine groups is 1. The van der Waals surface area contributed by atoms with Gasteiger partial charge in [0.2, 0.25) is 0 Å². The van der Waals surface area contributed by atoms with Gasteiger partial charge in [-0.3, -0.25) is 4.99 Å². The molecule has 1 aromatic carbocycles. The van der Waals surface area contributed by atoms with Gasteiger partial charge in [0.25, 0.3) is 0 Å². The molecule has 0 aromatic heterocycles. The average Bonchev–Trinajstić information content (AvgIpc) is 2.55. The largest absolute Gasteiger partial charge is 0.355 e. The van der Waals surface area contributed by atoms with Gasteiger partial charge in [-0.05, 0) is 50.0 Å². The number of halogens is 1. The van der Waals surface area contributed by atoms with Gasteiger partial charge < -0.3 is 15.5 Å². The number of aliphatic imine (C=N–C) groups is 1. The molecular formula is C17H27FN4.